The third-order valence-electron chi connectivity index (χ3n) is 5.79. The summed E-state index contributed by atoms with van der Waals surface area (Å²) in [6.45, 7) is 17.7. The van der Waals surface area contributed by atoms with E-state index in [4.69, 9.17) is 9.16 Å². The van der Waals surface area contributed by atoms with Crippen LogP contribution in [-0.2, 0) is 9.16 Å². The molecule has 1 saturated heterocycles. The fraction of sp³-hybridized carbons (Fsp3) is 0.824. The zero-order valence-corrected chi connectivity index (χ0v) is 15.9. The summed E-state index contributed by atoms with van der Waals surface area (Å²) in [6.07, 6.45) is 2.84. The summed E-state index contributed by atoms with van der Waals surface area (Å²) in [5.74, 6) is 0.422. The Morgan fingerprint density at radius 2 is 2.05 bits per heavy atom. The van der Waals surface area contributed by atoms with E-state index < -0.39 is 13.9 Å². The van der Waals surface area contributed by atoms with Crippen LogP contribution in [-0.4, -0.2) is 32.7 Å². The molecule has 0 aromatic heterocycles. The van der Waals surface area contributed by atoms with Crippen molar-refractivity contribution in [3.63, 3.8) is 0 Å². The van der Waals surface area contributed by atoms with Crippen LogP contribution in [0.15, 0.2) is 12.2 Å². The van der Waals surface area contributed by atoms with Crippen LogP contribution in [0.25, 0.3) is 0 Å². The number of amides is 1. The fourth-order valence-electron chi connectivity index (χ4n) is 3.02. The van der Waals surface area contributed by atoms with Gasteiger partial charge in [0.05, 0.1) is 6.61 Å². The molecular weight excluding hydrogens is 294 g/mol. The molecule has 0 bridgehead atoms. The molecule has 0 aromatic rings. The van der Waals surface area contributed by atoms with Crippen LogP contribution in [0, 0.1) is 5.92 Å². The average molecular weight is 326 g/mol. The van der Waals surface area contributed by atoms with Gasteiger partial charge in [-0.15, -0.1) is 0 Å². The van der Waals surface area contributed by atoms with E-state index in [0.717, 1.165) is 18.4 Å². The number of cyclic esters (lactones) is 1. The average Bonchev–Trinajstić information content (AvgIpc) is 2.61. The van der Waals surface area contributed by atoms with Crippen molar-refractivity contribution in [2.45, 2.75) is 76.7 Å². The highest BCUT2D eigenvalue weighted by molar-refractivity contribution is 6.74. The summed E-state index contributed by atoms with van der Waals surface area (Å²) in [7, 11) is -1.88. The minimum atomic E-state index is -1.88. The van der Waals surface area contributed by atoms with Crippen LogP contribution in [0.2, 0.25) is 18.1 Å². The monoisotopic (exact) mass is 325 g/mol. The Labute approximate surface area is 135 Å². The summed E-state index contributed by atoms with van der Waals surface area (Å²) < 4.78 is 12.0. The molecule has 1 N–H and O–H groups in total. The van der Waals surface area contributed by atoms with Crippen molar-refractivity contribution in [2.24, 2.45) is 5.92 Å². The van der Waals surface area contributed by atoms with Gasteiger partial charge in [-0.3, -0.25) is 0 Å². The van der Waals surface area contributed by atoms with Gasteiger partial charge in [0.25, 0.3) is 0 Å². The lowest BCUT2D eigenvalue weighted by Gasteiger charge is -2.47. The van der Waals surface area contributed by atoms with E-state index in [9.17, 15) is 4.79 Å². The van der Waals surface area contributed by atoms with Gasteiger partial charge in [0.2, 0.25) is 0 Å². The molecule has 2 aliphatic rings. The van der Waals surface area contributed by atoms with Crippen LogP contribution in [0.1, 0.15) is 47.0 Å². The first-order valence-corrected chi connectivity index (χ1v) is 11.2. The second-order valence-electron chi connectivity index (χ2n) is 8.47. The summed E-state index contributed by atoms with van der Waals surface area (Å²) in [5.41, 5.74) is 0.459. The molecule has 0 radical (unpaired) electrons. The van der Waals surface area contributed by atoms with Crippen LogP contribution >= 0.6 is 0 Å². The van der Waals surface area contributed by atoms with Crippen molar-refractivity contribution >= 4 is 14.4 Å². The molecule has 1 amide bonds. The molecule has 0 unspecified atom stereocenters. The van der Waals surface area contributed by atoms with Gasteiger partial charge in [-0.05, 0) is 49.4 Å². The summed E-state index contributed by atoms with van der Waals surface area (Å²) in [6, 6.07) is 0. The number of hydrogen-bond acceptors (Lipinski definition) is 3. The highest BCUT2D eigenvalue weighted by Gasteiger charge is 2.56. The predicted octanol–water partition coefficient (Wildman–Crippen LogP) is 4.23. The molecular formula is C17H31NO3Si. The minimum absolute atomic E-state index is 0.149. The van der Waals surface area contributed by atoms with E-state index in [1.807, 2.05) is 6.92 Å². The van der Waals surface area contributed by atoms with E-state index in [1.165, 1.54) is 6.42 Å². The van der Waals surface area contributed by atoms with E-state index in [1.54, 1.807) is 0 Å². The number of carbonyl (C=O) groups excluding carboxylic acids is 1. The standard InChI is InChI=1S/C17H31NO3Si/c1-12(2)14-17(13-9-8-10-13,18-15(19)21-14)11-20-22(6,7)16(3,4)5/h13-14H,1,8-11H2,2-7H3,(H,18,19)/t14-,17-/m1/s1. The normalized spacial score (nSPS) is 29.7. The maximum atomic E-state index is 11.9. The van der Waals surface area contributed by atoms with Crippen molar-refractivity contribution in [1.29, 1.82) is 0 Å². The van der Waals surface area contributed by atoms with E-state index >= 15 is 0 Å². The first-order chi connectivity index (χ1) is 9.99. The SMILES string of the molecule is C=C(C)[C@H]1OC(=O)N[C@]1(CO[Si](C)(C)C(C)(C)C)C1CCC1. The smallest absolute Gasteiger partial charge is 0.408 e. The molecule has 1 heterocycles. The van der Waals surface area contributed by atoms with Crippen LogP contribution in [0.4, 0.5) is 4.79 Å². The summed E-state index contributed by atoms with van der Waals surface area (Å²) in [5, 5.41) is 3.25. The zero-order valence-electron chi connectivity index (χ0n) is 14.9. The van der Waals surface area contributed by atoms with Gasteiger partial charge < -0.3 is 14.5 Å². The van der Waals surface area contributed by atoms with Crippen LogP contribution in [0.3, 0.4) is 0 Å². The number of carbonyl (C=O) groups is 1. The predicted molar refractivity (Wildman–Crippen MR) is 91.4 cm³/mol. The lowest BCUT2D eigenvalue weighted by atomic mass is 9.67. The molecule has 22 heavy (non-hydrogen) atoms. The maximum absolute atomic E-state index is 11.9. The minimum Gasteiger partial charge on any atom is -0.439 e. The Bertz CT molecular complexity index is 465. The third kappa shape index (κ3) is 2.97. The Hall–Kier alpha value is -0.813. The molecule has 4 nitrogen and oxygen atoms in total. The number of nitrogens with one attached hydrogen (secondary N) is 1. The van der Waals surface area contributed by atoms with Gasteiger partial charge in [-0.2, -0.15) is 0 Å². The highest BCUT2D eigenvalue weighted by Crippen LogP contribution is 2.45. The molecule has 1 aliphatic carbocycles. The quantitative estimate of drug-likeness (QED) is 0.608. The first kappa shape index (κ1) is 17.5. The van der Waals surface area contributed by atoms with Crippen molar-refractivity contribution in [3.8, 4) is 0 Å². The summed E-state index contributed by atoms with van der Waals surface area (Å²) >= 11 is 0. The van der Waals surface area contributed by atoms with Gasteiger partial charge in [0.15, 0.2) is 8.32 Å². The van der Waals surface area contributed by atoms with E-state index in [2.05, 4.69) is 45.8 Å². The maximum Gasteiger partial charge on any atom is 0.408 e. The van der Waals surface area contributed by atoms with Crippen LogP contribution in [0.5, 0.6) is 0 Å². The third-order valence-corrected chi connectivity index (χ3v) is 10.3. The molecule has 1 aliphatic heterocycles. The lowest BCUT2D eigenvalue weighted by Crippen LogP contribution is -2.61. The topological polar surface area (TPSA) is 47.6 Å². The van der Waals surface area contributed by atoms with Gasteiger partial charge in [0, 0.05) is 0 Å². The van der Waals surface area contributed by atoms with Gasteiger partial charge in [0.1, 0.15) is 11.6 Å². The number of hydrogen-bond donors (Lipinski definition) is 1. The van der Waals surface area contributed by atoms with E-state index in [-0.39, 0.29) is 17.2 Å². The molecule has 2 atom stereocenters. The Kier molecular flexibility index (Phi) is 4.52. The molecule has 0 spiro atoms. The number of alkyl carbamates (subject to hydrolysis) is 1. The fourth-order valence-corrected chi connectivity index (χ4v) is 4.06. The molecule has 2 rings (SSSR count). The van der Waals surface area contributed by atoms with Gasteiger partial charge in [-0.25, -0.2) is 4.79 Å². The molecule has 2 fully saturated rings. The largest absolute Gasteiger partial charge is 0.439 e. The van der Waals surface area contributed by atoms with Crippen molar-refractivity contribution in [2.75, 3.05) is 6.61 Å². The zero-order chi connectivity index (χ0) is 16.8. The lowest BCUT2D eigenvalue weighted by molar-refractivity contribution is 0.0318. The molecule has 1 saturated carbocycles. The molecule has 5 heteroatoms. The Morgan fingerprint density at radius 3 is 2.45 bits per heavy atom. The van der Waals surface area contributed by atoms with Crippen molar-refractivity contribution < 1.29 is 14.0 Å². The van der Waals surface area contributed by atoms with Crippen molar-refractivity contribution in [3.05, 3.63) is 12.2 Å². The second kappa shape index (κ2) is 5.68. The van der Waals surface area contributed by atoms with Crippen molar-refractivity contribution in [1.82, 2.24) is 5.32 Å². The van der Waals surface area contributed by atoms with Crippen LogP contribution < -0.4 is 5.32 Å². The first-order valence-electron chi connectivity index (χ1n) is 8.28. The highest BCUT2D eigenvalue weighted by atomic mass is 28.4. The molecule has 0 aromatic carbocycles. The number of ether oxygens (including phenoxy) is 1. The Morgan fingerprint density at radius 1 is 1.45 bits per heavy atom. The Balaban J connectivity index is 2.24. The van der Waals surface area contributed by atoms with Gasteiger partial charge in [-0.1, -0.05) is 33.8 Å². The second-order valence-corrected chi connectivity index (χ2v) is 13.3. The van der Waals surface area contributed by atoms with Gasteiger partial charge >= 0.3 is 6.09 Å². The summed E-state index contributed by atoms with van der Waals surface area (Å²) in [4.78, 5) is 11.9. The molecule has 126 valence electrons. The van der Waals surface area contributed by atoms with E-state index in [0.29, 0.717) is 12.5 Å². The number of rotatable bonds is 5.